The van der Waals surface area contributed by atoms with Crippen molar-refractivity contribution < 1.29 is 12.8 Å². The van der Waals surface area contributed by atoms with Gasteiger partial charge in [-0.05, 0) is 25.1 Å². The van der Waals surface area contributed by atoms with E-state index >= 15 is 0 Å². The molecule has 2 aromatic rings. The smallest absolute Gasteiger partial charge is 0.242 e. The summed E-state index contributed by atoms with van der Waals surface area (Å²) in [6.45, 7) is 2.79. The standard InChI is InChI=1S/C13H16ClN3O3S/c1-2-15-13-12(14)8-11(9-16-13)21(18,19)17-6-5-10-4-3-7-20-10/h3-4,7-9,17H,2,5-6H2,1H3,(H,15,16). The number of anilines is 1. The highest BCUT2D eigenvalue weighted by Crippen LogP contribution is 2.22. The largest absolute Gasteiger partial charge is 0.469 e. The molecule has 0 aromatic carbocycles. The minimum atomic E-state index is -3.63. The summed E-state index contributed by atoms with van der Waals surface area (Å²) in [5.74, 6) is 1.19. The Bertz CT molecular complexity index is 687. The van der Waals surface area contributed by atoms with Crippen LogP contribution in [0.25, 0.3) is 0 Å². The zero-order chi connectivity index (χ0) is 15.3. The van der Waals surface area contributed by atoms with Crippen LogP contribution in [0.1, 0.15) is 12.7 Å². The van der Waals surface area contributed by atoms with E-state index in [1.807, 2.05) is 6.92 Å². The molecule has 6 nitrogen and oxygen atoms in total. The Balaban J connectivity index is 2.03. The number of nitrogens with zero attached hydrogens (tertiary/aromatic N) is 1. The van der Waals surface area contributed by atoms with Gasteiger partial charge in [0.1, 0.15) is 16.5 Å². The summed E-state index contributed by atoms with van der Waals surface area (Å²) in [6.07, 6.45) is 3.30. The zero-order valence-corrected chi connectivity index (χ0v) is 13.0. The molecule has 21 heavy (non-hydrogen) atoms. The molecule has 0 radical (unpaired) electrons. The Hall–Kier alpha value is -1.57. The fourth-order valence-electron chi connectivity index (χ4n) is 1.71. The third-order valence-corrected chi connectivity index (χ3v) is 4.43. The highest BCUT2D eigenvalue weighted by molar-refractivity contribution is 7.89. The second-order valence-electron chi connectivity index (χ2n) is 4.26. The Kier molecular flexibility index (Phi) is 5.22. The van der Waals surface area contributed by atoms with E-state index in [1.54, 1.807) is 18.4 Å². The first-order valence-electron chi connectivity index (χ1n) is 6.44. The molecule has 2 rings (SSSR count). The van der Waals surface area contributed by atoms with Crippen LogP contribution in [-0.2, 0) is 16.4 Å². The van der Waals surface area contributed by atoms with Gasteiger partial charge < -0.3 is 9.73 Å². The van der Waals surface area contributed by atoms with E-state index in [0.29, 0.717) is 18.8 Å². The van der Waals surface area contributed by atoms with Gasteiger partial charge in [0.05, 0.1) is 11.3 Å². The molecule has 0 fully saturated rings. The fourth-order valence-corrected chi connectivity index (χ4v) is 3.01. The number of pyridine rings is 1. The molecule has 0 saturated carbocycles. The number of hydrogen-bond acceptors (Lipinski definition) is 5. The van der Waals surface area contributed by atoms with Crippen LogP contribution in [0.15, 0.2) is 40.0 Å². The molecule has 8 heteroatoms. The van der Waals surface area contributed by atoms with Crippen molar-refractivity contribution in [3.05, 3.63) is 41.4 Å². The molecule has 114 valence electrons. The van der Waals surface area contributed by atoms with Crippen LogP contribution in [0, 0.1) is 0 Å². The number of halogens is 1. The Morgan fingerprint density at radius 2 is 2.24 bits per heavy atom. The summed E-state index contributed by atoms with van der Waals surface area (Å²) in [5.41, 5.74) is 0. The quantitative estimate of drug-likeness (QED) is 0.814. The highest BCUT2D eigenvalue weighted by Gasteiger charge is 2.16. The van der Waals surface area contributed by atoms with E-state index in [-0.39, 0.29) is 16.5 Å². The minimum Gasteiger partial charge on any atom is -0.469 e. The molecule has 2 aromatic heterocycles. The van der Waals surface area contributed by atoms with Crippen molar-refractivity contribution >= 4 is 27.4 Å². The van der Waals surface area contributed by atoms with Crippen LogP contribution in [0.3, 0.4) is 0 Å². The first kappa shape index (κ1) is 15.8. The molecular weight excluding hydrogens is 314 g/mol. The van der Waals surface area contributed by atoms with Crippen LogP contribution in [0.2, 0.25) is 5.02 Å². The average Bonchev–Trinajstić information content (AvgIpc) is 2.94. The average molecular weight is 330 g/mol. The van der Waals surface area contributed by atoms with E-state index in [0.717, 1.165) is 5.76 Å². The number of aromatic nitrogens is 1. The maximum atomic E-state index is 12.1. The van der Waals surface area contributed by atoms with Crippen molar-refractivity contribution in [2.45, 2.75) is 18.2 Å². The summed E-state index contributed by atoms with van der Waals surface area (Å²) in [4.78, 5) is 4.05. The van der Waals surface area contributed by atoms with Gasteiger partial charge >= 0.3 is 0 Å². The fraction of sp³-hybridized carbons (Fsp3) is 0.308. The number of rotatable bonds is 7. The summed E-state index contributed by atoms with van der Waals surface area (Å²) >= 11 is 6.00. The summed E-state index contributed by atoms with van der Waals surface area (Å²) < 4.78 is 31.9. The number of nitrogens with one attached hydrogen (secondary N) is 2. The van der Waals surface area contributed by atoms with E-state index in [2.05, 4.69) is 15.0 Å². The van der Waals surface area contributed by atoms with Gasteiger partial charge in [0.15, 0.2) is 0 Å². The van der Waals surface area contributed by atoms with Crippen molar-refractivity contribution in [3.63, 3.8) is 0 Å². The topological polar surface area (TPSA) is 84.2 Å². The molecular formula is C13H16ClN3O3S. The number of hydrogen-bond donors (Lipinski definition) is 2. The second kappa shape index (κ2) is 6.93. The van der Waals surface area contributed by atoms with Crippen molar-refractivity contribution in [1.82, 2.24) is 9.71 Å². The molecule has 0 spiro atoms. The van der Waals surface area contributed by atoms with Crippen molar-refractivity contribution in [2.24, 2.45) is 0 Å². The maximum absolute atomic E-state index is 12.1. The zero-order valence-electron chi connectivity index (χ0n) is 11.5. The van der Waals surface area contributed by atoms with Crippen LogP contribution in [0.4, 0.5) is 5.82 Å². The van der Waals surface area contributed by atoms with Gasteiger partial charge in [0.2, 0.25) is 10.0 Å². The summed E-state index contributed by atoms with van der Waals surface area (Å²) in [6, 6.07) is 4.92. The third kappa shape index (κ3) is 4.20. The first-order chi connectivity index (χ1) is 10.0. The van der Waals surface area contributed by atoms with Crippen LogP contribution in [-0.4, -0.2) is 26.5 Å². The molecule has 0 unspecified atom stereocenters. The van der Waals surface area contributed by atoms with Crippen molar-refractivity contribution in [3.8, 4) is 0 Å². The number of furan rings is 1. The molecule has 0 saturated heterocycles. The van der Waals surface area contributed by atoms with Gasteiger partial charge in [-0.1, -0.05) is 11.6 Å². The Labute approximate surface area is 128 Å². The van der Waals surface area contributed by atoms with Gasteiger partial charge in [-0.15, -0.1) is 0 Å². The Morgan fingerprint density at radius 1 is 1.43 bits per heavy atom. The highest BCUT2D eigenvalue weighted by atomic mass is 35.5. The first-order valence-corrected chi connectivity index (χ1v) is 8.30. The molecule has 0 aliphatic heterocycles. The predicted molar refractivity (Wildman–Crippen MR) is 81.0 cm³/mol. The van der Waals surface area contributed by atoms with Crippen LogP contribution >= 0.6 is 11.6 Å². The predicted octanol–water partition coefficient (Wildman–Crippen LogP) is 2.28. The minimum absolute atomic E-state index is 0.0357. The second-order valence-corrected chi connectivity index (χ2v) is 6.43. The lowest BCUT2D eigenvalue weighted by molar-refractivity contribution is 0.506. The van der Waals surface area contributed by atoms with Gasteiger partial charge in [-0.25, -0.2) is 18.1 Å². The Morgan fingerprint density at radius 3 is 2.86 bits per heavy atom. The van der Waals surface area contributed by atoms with Crippen LogP contribution in [0.5, 0.6) is 0 Å². The van der Waals surface area contributed by atoms with E-state index in [4.69, 9.17) is 16.0 Å². The van der Waals surface area contributed by atoms with Gasteiger partial charge in [0, 0.05) is 25.7 Å². The van der Waals surface area contributed by atoms with E-state index in [1.165, 1.54) is 12.3 Å². The lowest BCUT2D eigenvalue weighted by Gasteiger charge is -2.09. The molecule has 0 aliphatic carbocycles. The maximum Gasteiger partial charge on any atom is 0.242 e. The van der Waals surface area contributed by atoms with Gasteiger partial charge in [-0.2, -0.15) is 0 Å². The summed E-state index contributed by atoms with van der Waals surface area (Å²) in [7, 11) is -3.63. The summed E-state index contributed by atoms with van der Waals surface area (Å²) in [5, 5.41) is 3.21. The number of sulfonamides is 1. The van der Waals surface area contributed by atoms with Crippen molar-refractivity contribution in [1.29, 1.82) is 0 Å². The molecule has 0 aliphatic rings. The molecule has 0 atom stereocenters. The van der Waals surface area contributed by atoms with Gasteiger partial charge in [-0.3, -0.25) is 0 Å². The van der Waals surface area contributed by atoms with E-state index in [9.17, 15) is 8.42 Å². The third-order valence-electron chi connectivity index (χ3n) is 2.71. The van der Waals surface area contributed by atoms with Crippen LogP contribution < -0.4 is 10.0 Å². The van der Waals surface area contributed by atoms with Crippen molar-refractivity contribution in [2.75, 3.05) is 18.4 Å². The molecule has 2 N–H and O–H groups in total. The normalized spacial score (nSPS) is 11.5. The molecule has 0 bridgehead atoms. The SMILES string of the molecule is CCNc1ncc(S(=O)(=O)NCCc2ccco2)cc1Cl. The lowest BCUT2D eigenvalue weighted by atomic mass is 10.3. The van der Waals surface area contributed by atoms with Gasteiger partial charge in [0.25, 0.3) is 0 Å². The molecule has 2 heterocycles. The lowest BCUT2D eigenvalue weighted by Crippen LogP contribution is -2.26. The molecule has 0 amide bonds. The monoisotopic (exact) mass is 329 g/mol. The van der Waals surface area contributed by atoms with E-state index < -0.39 is 10.0 Å².